The number of nitrogen functional groups attached to an aromatic ring is 1. The van der Waals surface area contributed by atoms with Gasteiger partial charge in [0.2, 0.25) is 0 Å². The minimum absolute atomic E-state index is 0.728. The Morgan fingerprint density at radius 1 is 1.06 bits per heavy atom. The summed E-state index contributed by atoms with van der Waals surface area (Å²) in [6, 6.07) is 13.9. The van der Waals surface area contributed by atoms with Gasteiger partial charge in [0.25, 0.3) is 0 Å². The van der Waals surface area contributed by atoms with Crippen LogP contribution in [-0.2, 0) is 6.42 Å². The van der Waals surface area contributed by atoms with E-state index in [1.807, 2.05) is 37.3 Å². The zero-order valence-corrected chi connectivity index (χ0v) is 10.2. The minimum Gasteiger partial charge on any atom is -0.457 e. The smallest absolute Gasteiger partial charge is 0.129 e. The number of aryl methyl sites for hydroxylation is 2. The van der Waals surface area contributed by atoms with Gasteiger partial charge >= 0.3 is 0 Å². The average molecular weight is 227 g/mol. The van der Waals surface area contributed by atoms with Crippen LogP contribution in [0.5, 0.6) is 11.5 Å². The van der Waals surface area contributed by atoms with E-state index in [4.69, 9.17) is 10.5 Å². The van der Waals surface area contributed by atoms with Crippen molar-refractivity contribution >= 4 is 5.69 Å². The van der Waals surface area contributed by atoms with Gasteiger partial charge in [-0.25, -0.2) is 0 Å². The van der Waals surface area contributed by atoms with E-state index in [-0.39, 0.29) is 0 Å². The normalized spacial score (nSPS) is 10.2. The van der Waals surface area contributed by atoms with Gasteiger partial charge in [0.1, 0.15) is 11.5 Å². The number of benzene rings is 2. The number of hydrogen-bond acceptors (Lipinski definition) is 2. The van der Waals surface area contributed by atoms with Crippen molar-refractivity contribution < 1.29 is 4.74 Å². The van der Waals surface area contributed by atoms with Crippen LogP contribution in [0, 0.1) is 6.92 Å². The molecule has 0 aliphatic rings. The molecule has 2 N–H and O–H groups in total. The molecule has 88 valence electrons. The molecule has 0 atom stereocenters. The van der Waals surface area contributed by atoms with Gasteiger partial charge in [0.15, 0.2) is 0 Å². The first-order valence-corrected chi connectivity index (χ1v) is 5.81. The summed E-state index contributed by atoms with van der Waals surface area (Å²) in [5.41, 5.74) is 8.89. The number of nitrogens with two attached hydrogens (primary N) is 1. The highest BCUT2D eigenvalue weighted by Gasteiger charge is 2.00. The van der Waals surface area contributed by atoms with Gasteiger partial charge in [-0.1, -0.05) is 19.1 Å². The molecular formula is C15H17NO. The van der Waals surface area contributed by atoms with Crippen LogP contribution < -0.4 is 10.5 Å². The van der Waals surface area contributed by atoms with E-state index in [1.54, 1.807) is 0 Å². The summed E-state index contributed by atoms with van der Waals surface area (Å²) >= 11 is 0. The third-order valence-electron chi connectivity index (χ3n) is 2.62. The number of hydrogen-bond donors (Lipinski definition) is 1. The Morgan fingerprint density at radius 3 is 2.59 bits per heavy atom. The fraction of sp³-hybridized carbons (Fsp3) is 0.200. The van der Waals surface area contributed by atoms with Crippen molar-refractivity contribution in [3.05, 3.63) is 53.6 Å². The van der Waals surface area contributed by atoms with Gasteiger partial charge in [0.05, 0.1) is 0 Å². The predicted octanol–water partition coefficient (Wildman–Crippen LogP) is 3.93. The first-order valence-electron chi connectivity index (χ1n) is 5.81. The Hall–Kier alpha value is -1.96. The largest absolute Gasteiger partial charge is 0.457 e. The van der Waals surface area contributed by atoms with E-state index < -0.39 is 0 Å². The molecule has 0 fully saturated rings. The van der Waals surface area contributed by atoms with Crippen molar-refractivity contribution in [3.63, 3.8) is 0 Å². The monoisotopic (exact) mass is 227 g/mol. The first-order chi connectivity index (χ1) is 8.17. The fourth-order valence-electron chi connectivity index (χ4n) is 1.80. The van der Waals surface area contributed by atoms with Crippen LogP contribution in [0.1, 0.15) is 18.1 Å². The lowest BCUT2D eigenvalue weighted by atomic mass is 10.1. The topological polar surface area (TPSA) is 35.2 Å². The molecule has 0 heterocycles. The Morgan fingerprint density at radius 2 is 1.88 bits per heavy atom. The first kappa shape index (κ1) is 11.5. The highest BCUT2D eigenvalue weighted by Crippen LogP contribution is 2.25. The summed E-state index contributed by atoms with van der Waals surface area (Å²) in [6.07, 6.45) is 1.01. The lowest BCUT2D eigenvalue weighted by molar-refractivity contribution is 0.482. The van der Waals surface area contributed by atoms with Crippen molar-refractivity contribution in [1.82, 2.24) is 0 Å². The Labute approximate surface area is 102 Å². The molecule has 17 heavy (non-hydrogen) atoms. The summed E-state index contributed by atoms with van der Waals surface area (Å²) in [7, 11) is 0. The van der Waals surface area contributed by atoms with Crippen LogP contribution in [-0.4, -0.2) is 0 Å². The van der Waals surface area contributed by atoms with E-state index in [2.05, 4.69) is 19.1 Å². The van der Waals surface area contributed by atoms with Crippen LogP contribution in [0.2, 0.25) is 0 Å². The van der Waals surface area contributed by atoms with Gasteiger partial charge < -0.3 is 10.5 Å². The highest BCUT2D eigenvalue weighted by atomic mass is 16.5. The summed E-state index contributed by atoms with van der Waals surface area (Å²) in [6.45, 7) is 4.13. The third-order valence-corrected chi connectivity index (χ3v) is 2.62. The standard InChI is InChI=1S/C15H17NO/c1-3-12-5-4-6-14(9-12)17-15-8-11(2)7-13(16)10-15/h4-10H,3,16H2,1-2H3. The van der Waals surface area contributed by atoms with Gasteiger partial charge in [-0.15, -0.1) is 0 Å². The molecule has 0 radical (unpaired) electrons. The molecule has 2 rings (SSSR count). The number of ether oxygens (including phenoxy) is 1. The third kappa shape index (κ3) is 3.00. The molecule has 2 nitrogen and oxygen atoms in total. The fourth-order valence-corrected chi connectivity index (χ4v) is 1.80. The number of anilines is 1. The lowest BCUT2D eigenvalue weighted by Crippen LogP contribution is -1.90. The van der Waals surface area contributed by atoms with Crippen LogP contribution >= 0.6 is 0 Å². The summed E-state index contributed by atoms with van der Waals surface area (Å²) in [5.74, 6) is 1.64. The maximum Gasteiger partial charge on any atom is 0.129 e. The zero-order chi connectivity index (χ0) is 12.3. The van der Waals surface area contributed by atoms with E-state index >= 15 is 0 Å². The van der Waals surface area contributed by atoms with Crippen LogP contribution in [0.15, 0.2) is 42.5 Å². The van der Waals surface area contributed by atoms with Crippen LogP contribution in [0.25, 0.3) is 0 Å². The maximum atomic E-state index is 5.80. The Kier molecular flexibility index (Phi) is 3.33. The van der Waals surface area contributed by atoms with E-state index in [1.165, 1.54) is 5.56 Å². The molecule has 0 amide bonds. The lowest BCUT2D eigenvalue weighted by Gasteiger charge is -2.08. The van der Waals surface area contributed by atoms with Gasteiger partial charge in [-0.2, -0.15) is 0 Å². The van der Waals surface area contributed by atoms with Crippen molar-refractivity contribution in [2.45, 2.75) is 20.3 Å². The van der Waals surface area contributed by atoms with Crippen molar-refractivity contribution in [2.24, 2.45) is 0 Å². The summed E-state index contributed by atoms with van der Waals surface area (Å²) < 4.78 is 5.80. The van der Waals surface area contributed by atoms with Crippen LogP contribution in [0.3, 0.4) is 0 Å². The number of rotatable bonds is 3. The molecule has 0 saturated heterocycles. The van der Waals surface area contributed by atoms with Gasteiger partial charge in [0, 0.05) is 11.8 Å². The van der Waals surface area contributed by atoms with Gasteiger partial charge in [-0.3, -0.25) is 0 Å². The molecule has 2 aromatic carbocycles. The molecule has 0 spiro atoms. The molecule has 0 aliphatic carbocycles. The highest BCUT2D eigenvalue weighted by molar-refractivity contribution is 5.48. The molecule has 0 aromatic heterocycles. The van der Waals surface area contributed by atoms with Gasteiger partial charge in [-0.05, 0) is 48.7 Å². The molecular weight excluding hydrogens is 210 g/mol. The Balaban J connectivity index is 2.24. The van der Waals surface area contributed by atoms with Crippen LogP contribution in [0.4, 0.5) is 5.69 Å². The molecule has 0 unspecified atom stereocenters. The molecule has 2 heteroatoms. The van der Waals surface area contributed by atoms with Crippen molar-refractivity contribution in [3.8, 4) is 11.5 Å². The van der Waals surface area contributed by atoms with E-state index in [0.717, 1.165) is 29.2 Å². The summed E-state index contributed by atoms with van der Waals surface area (Å²) in [5, 5.41) is 0. The Bertz CT molecular complexity index is 500. The second kappa shape index (κ2) is 4.91. The van der Waals surface area contributed by atoms with E-state index in [9.17, 15) is 0 Å². The minimum atomic E-state index is 0.728. The maximum absolute atomic E-state index is 5.80. The molecule has 2 aromatic rings. The molecule has 0 saturated carbocycles. The average Bonchev–Trinajstić information content (AvgIpc) is 2.28. The second-order valence-corrected chi connectivity index (χ2v) is 4.18. The van der Waals surface area contributed by atoms with E-state index in [0.29, 0.717) is 0 Å². The quantitative estimate of drug-likeness (QED) is 0.806. The second-order valence-electron chi connectivity index (χ2n) is 4.18. The molecule has 0 bridgehead atoms. The summed E-state index contributed by atoms with van der Waals surface area (Å²) in [4.78, 5) is 0. The molecule has 0 aliphatic heterocycles. The predicted molar refractivity (Wildman–Crippen MR) is 71.5 cm³/mol. The SMILES string of the molecule is CCc1cccc(Oc2cc(C)cc(N)c2)c1. The van der Waals surface area contributed by atoms with Crippen molar-refractivity contribution in [1.29, 1.82) is 0 Å². The van der Waals surface area contributed by atoms with Crippen molar-refractivity contribution in [2.75, 3.05) is 5.73 Å². The zero-order valence-electron chi connectivity index (χ0n) is 10.2.